The Labute approximate surface area is 139 Å². The molecule has 1 saturated heterocycles. The predicted molar refractivity (Wildman–Crippen MR) is 84.6 cm³/mol. The third-order valence-electron chi connectivity index (χ3n) is 3.94. The summed E-state index contributed by atoms with van der Waals surface area (Å²) < 4.78 is 28.1. The lowest BCUT2D eigenvalue weighted by molar-refractivity contribution is 0.187. The molecular formula is C14H17ClN4O3S. The first kappa shape index (κ1) is 16.4. The summed E-state index contributed by atoms with van der Waals surface area (Å²) in [7, 11) is -3.55. The molecule has 1 aliphatic heterocycles. The molecule has 1 aromatic heterocycles. The minimum Gasteiger partial charge on any atom is -0.387 e. The Morgan fingerprint density at radius 1 is 1.39 bits per heavy atom. The van der Waals surface area contributed by atoms with Gasteiger partial charge in [0.2, 0.25) is 10.0 Å². The first-order valence-electron chi connectivity index (χ1n) is 7.15. The summed E-state index contributed by atoms with van der Waals surface area (Å²) in [5.74, 6) is 0. The van der Waals surface area contributed by atoms with Crippen LogP contribution in [0.2, 0.25) is 5.02 Å². The summed E-state index contributed by atoms with van der Waals surface area (Å²) in [6, 6.07) is 4.65. The molecule has 1 aliphatic rings. The Balaban J connectivity index is 1.73. The van der Waals surface area contributed by atoms with Gasteiger partial charge in [0.25, 0.3) is 0 Å². The number of hydrogen-bond acceptors (Lipinski definition) is 5. The van der Waals surface area contributed by atoms with Gasteiger partial charge in [0.05, 0.1) is 23.2 Å². The molecule has 0 spiro atoms. The summed E-state index contributed by atoms with van der Waals surface area (Å²) in [6.07, 6.45) is 0.945. The fourth-order valence-corrected chi connectivity index (χ4v) is 4.11. The summed E-state index contributed by atoms with van der Waals surface area (Å²) >= 11 is 6.01. The van der Waals surface area contributed by atoms with Gasteiger partial charge in [0.15, 0.2) is 0 Å². The minimum atomic E-state index is -3.55. The lowest BCUT2D eigenvalue weighted by Gasteiger charge is -2.37. The average Bonchev–Trinajstić information content (AvgIpc) is 2.89. The number of benzene rings is 1. The second-order valence-corrected chi connectivity index (χ2v) is 8.03. The average molecular weight is 357 g/mol. The van der Waals surface area contributed by atoms with E-state index in [1.807, 2.05) is 6.92 Å². The van der Waals surface area contributed by atoms with Crippen LogP contribution in [0, 0.1) is 6.92 Å². The van der Waals surface area contributed by atoms with Gasteiger partial charge < -0.3 is 5.11 Å². The van der Waals surface area contributed by atoms with Gasteiger partial charge in [0.1, 0.15) is 5.69 Å². The van der Waals surface area contributed by atoms with Crippen molar-refractivity contribution in [2.45, 2.75) is 30.9 Å². The summed E-state index contributed by atoms with van der Waals surface area (Å²) in [5.41, 5.74) is 1.30. The molecule has 0 radical (unpaired) electrons. The van der Waals surface area contributed by atoms with Gasteiger partial charge in [-0.25, -0.2) is 13.1 Å². The first-order valence-corrected chi connectivity index (χ1v) is 8.97. The van der Waals surface area contributed by atoms with Gasteiger partial charge in [-0.05, 0) is 31.5 Å². The third-order valence-corrected chi connectivity index (χ3v) is 6.17. The van der Waals surface area contributed by atoms with Crippen molar-refractivity contribution in [1.82, 2.24) is 19.3 Å². The van der Waals surface area contributed by atoms with Gasteiger partial charge in [-0.1, -0.05) is 22.9 Å². The van der Waals surface area contributed by atoms with Crippen molar-refractivity contribution in [1.29, 1.82) is 0 Å². The maximum atomic E-state index is 12.6. The maximum Gasteiger partial charge on any atom is 0.243 e. The predicted octanol–water partition coefficient (Wildman–Crippen LogP) is 1.54. The van der Waals surface area contributed by atoms with E-state index >= 15 is 0 Å². The molecule has 0 amide bonds. The zero-order valence-electron chi connectivity index (χ0n) is 12.7. The summed E-state index contributed by atoms with van der Waals surface area (Å²) in [4.78, 5) is 0.190. The molecule has 0 unspecified atom stereocenters. The monoisotopic (exact) mass is 356 g/mol. The van der Waals surface area contributed by atoms with Crippen LogP contribution in [0.3, 0.4) is 0 Å². The molecule has 1 N–H and O–H groups in total. The molecule has 124 valence electrons. The van der Waals surface area contributed by atoms with Crippen LogP contribution in [0.1, 0.15) is 30.3 Å². The van der Waals surface area contributed by atoms with E-state index in [0.717, 1.165) is 5.56 Å². The highest BCUT2D eigenvalue weighted by molar-refractivity contribution is 7.89. The van der Waals surface area contributed by atoms with Crippen molar-refractivity contribution in [2.24, 2.45) is 0 Å². The zero-order chi connectivity index (χ0) is 16.8. The zero-order valence-corrected chi connectivity index (χ0v) is 14.3. The number of halogens is 1. The van der Waals surface area contributed by atoms with Gasteiger partial charge in [-0.15, -0.1) is 5.10 Å². The van der Waals surface area contributed by atoms with E-state index < -0.39 is 16.1 Å². The summed E-state index contributed by atoms with van der Waals surface area (Å²) in [6.45, 7) is 4.06. The van der Waals surface area contributed by atoms with E-state index in [-0.39, 0.29) is 10.9 Å². The topological polar surface area (TPSA) is 88.3 Å². The number of sulfonamides is 1. The van der Waals surface area contributed by atoms with Crippen LogP contribution in [-0.4, -0.2) is 45.9 Å². The van der Waals surface area contributed by atoms with Gasteiger partial charge in [0, 0.05) is 18.1 Å². The molecule has 7 nitrogen and oxygen atoms in total. The van der Waals surface area contributed by atoms with E-state index in [9.17, 15) is 13.5 Å². The van der Waals surface area contributed by atoms with Crippen molar-refractivity contribution in [2.75, 3.05) is 13.1 Å². The Morgan fingerprint density at radius 2 is 2.09 bits per heavy atom. The Kier molecular flexibility index (Phi) is 4.18. The van der Waals surface area contributed by atoms with Gasteiger partial charge >= 0.3 is 0 Å². The minimum absolute atomic E-state index is 0.0781. The quantitative estimate of drug-likeness (QED) is 0.897. The van der Waals surface area contributed by atoms with Crippen LogP contribution in [0.25, 0.3) is 0 Å². The number of hydrogen-bond donors (Lipinski definition) is 1. The molecule has 2 heterocycles. The number of rotatable bonds is 4. The van der Waals surface area contributed by atoms with Crippen molar-refractivity contribution < 1.29 is 13.5 Å². The second kappa shape index (κ2) is 5.86. The molecule has 23 heavy (non-hydrogen) atoms. The Morgan fingerprint density at radius 3 is 2.65 bits per heavy atom. The number of aryl methyl sites for hydroxylation is 1. The van der Waals surface area contributed by atoms with Crippen molar-refractivity contribution in [3.8, 4) is 0 Å². The van der Waals surface area contributed by atoms with Crippen LogP contribution >= 0.6 is 11.6 Å². The van der Waals surface area contributed by atoms with Gasteiger partial charge in [-0.2, -0.15) is 4.31 Å². The van der Waals surface area contributed by atoms with Crippen LogP contribution < -0.4 is 0 Å². The van der Waals surface area contributed by atoms with E-state index in [2.05, 4.69) is 10.3 Å². The number of aromatic nitrogens is 3. The lowest BCUT2D eigenvalue weighted by Crippen LogP contribution is -2.50. The van der Waals surface area contributed by atoms with Crippen LogP contribution in [-0.2, 0) is 10.0 Å². The maximum absolute atomic E-state index is 12.6. The largest absolute Gasteiger partial charge is 0.387 e. The molecule has 0 saturated carbocycles. The standard InChI is InChI=1S/C14H17ClN4O3S/c1-9-3-4-12(5-13(9)15)23(21,22)18-6-11(7-18)19-8-14(10(2)20)16-17-19/h3-5,8,10-11,20H,6-7H2,1-2H3/t10-/m0/s1. The first-order chi connectivity index (χ1) is 10.8. The lowest BCUT2D eigenvalue weighted by atomic mass is 10.2. The Bertz CT molecular complexity index is 828. The SMILES string of the molecule is Cc1ccc(S(=O)(=O)N2CC(n3cc([C@H](C)O)nn3)C2)cc1Cl. The van der Waals surface area contributed by atoms with E-state index in [1.54, 1.807) is 29.9 Å². The highest BCUT2D eigenvalue weighted by Crippen LogP contribution is 2.30. The molecule has 1 atom stereocenters. The second-order valence-electron chi connectivity index (χ2n) is 5.69. The molecule has 2 aromatic rings. The van der Waals surface area contributed by atoms with Crippen LogP contribution in [0.15, 0.2) is 29.3 Å². The number of nitrogens with zero attached hydrogens (tertiary/aromatic N) is 4. The van der Waals surface area contributed by atoms with Crippen molar-refractivity contribution in [3.63, 3.8) is 0 Å². The van der Waals surface area contributed by atoms with Crippen molar-refractivity contribution in [3.05, 3.63) is 40.7 Å². The van der Waals surface area contributed by atoms with E-state index in [4.69, 9.17) is 11.6 Å². The smallest absolute Gasteiger partial charge is 0.243 e. The van der Waals surface area contributed by atoms with Crippen LogP contribution in [0.5, 0.6) is 0 Å². The third kappa shape index (κ3) is 2.99. The van der Waals surface area contributed by atoms with Crippen LogP contribution in [0.4, 0.5) is 0 Å². The normalized spacial score (nSPS) is 17.9. The molecular weight excluding hydrogens is 340 g/mol. The molecule has 0 bridgehead atoms. The van der Waals surface area contributed by atoms with Gasteiger partial charge in [-0.3, -0.25) is 0 Å². The molecule has 3 rings (SSSR count). The highest BCUT2D eigenvalue weighted by atomic mass is 35.5. The fourth-order valence-electron chi connectivity index (χ4n) is 2.32. The highest BCUT2D eigenvalue weighted by Gasteiger charge is 2.38. The van der Waals surface area contributed by atoms with Crippen molar-refractivity contribution >= 4 is 21.6 Å². The summed E-state index contributed by atoms with van der Waals surface area (Å²) in [5, 5.41) is 17.7. The molecule has 1 aromatic carbocycles. The van der Waals surface area contributed by atoms with E-state index in [0.29, 0.717) is 23.8 Å². The molecule has 1 fully saturated rings. The fraction of sp³-hybridized carbons (Fsp3) is 0.429. The number of aliphatic hydroxyl groups excluding tert-OH is 1. The number of aliphatic hydroxyl groups is 1. The van der Waals surface area contributed by atoms with E-state index in [1.165, 1.54) is 10.4 Å². The molecule has 9 heteroatoms. The molecule has 0 aliphatic carbocycles. The Hall–Kier alpha value is -1.48.